The third-order valence-electron chi connectivity index (χ3n) is 1.57. The van der Waals surface area contributed by atoms with E-state index in [0.29, 0.717) is 5.57 Å². The van der Waals surface area contributed by atoms with Crippen LogP contribution < -0.4 is 0 Å². The molecule has 1 N–H and O–H groups in total. The monoisotopic (exact) mass is 194 g/mol. The first-order chi connectivity index (χ1) is 6.13. The zero-order chi connectivity index (χ0) is 9.84. The number of aliphatic hydroxyl groups is 1. The van der Waals surface area contributed by atoms with E-state index in [1.54, 1.807) is 30.4 Å². The summed E-state index contributed by atoms with van der Waals surface area (Å²) in [6.45, 7) is 3.63. The minimum absolute atomic E-state index is 0.618. The zero-order valence-electron chi connectivity index (χ0n) is 7.48. The van der Waals surface area contributed by atoms with Gasteiger partial charge in [0.2, 0.25) is 0 Å². The SMILES string of the molecule is C/C(=C\c1csc(C)n1)[C@H](O)C#N. The molecule has 0 fully saturated rings. The largest absolute Gasteiger partial charge is 0.374 e. The number of thiazole rings is 1. The van der Waals surface area contributed by atoms with Gasteiger partial charge in [0.25, 0.3) is 0 Å². The summed E-state index contributed by atoms with van der Waals surface area (Å²) in [7, 11) is 0. The number of aryl methyl sites for hydroxylation is 1. The van der Waals surface area contributed by atoms with Gasteiger partial charge in [0.05, 0.1) is 16.8 Å². The Balaban J connectivity index is 2.83. The van der Waals surface area contributed by atoms with Crippen LogP contribution in [0.4, 0.5) is 0 Å². The van der Waals surface area contributed by atoms with Crippen molar-refractivity contribution in [1.82, 2.24) is 4.98 Å². The summed E-state index contributed by atoms with van der Waals surface area (Å²) in [5.41, 5.74) is 1.42. The van der Waals surface area contributed by atoms with Crippen LogP contribution in [-0.2, 0) is 0 Å². The molecule has 0 unspecified atom stereocenters. The molecule has 0 aliphatic carbocycles. The molecule has 0 aliphatic heterocycles. The first-order valence-corrected chi connectivity index (χ1v) is 4.69. The van der Waals surface area contributed by atoms with Crippen molar-refractivity contribution in [3.8, 4) is 6.07 Å². The molecule has 1 aromatic rings. The van der Waals surface area contributed by atoms with E-state index in [1.165, 1.54) is 0 Å². The summed E-state index contributed by atoms with van der Waals surface area (Å²) in [6.07, 6.45) is 0.694. The Morgan fingerprint density at radius 2 is 2.54 bits per heavy atom. The topological polar surface area (TPSA) is 56.9 Å². The van der Waals surface area contributed by atoms with Crippen molar-refractivity contribution < 1.29 is 5.11 Å². The van der Waals surface area contributed by atoms with Crippen LogP contribution in [0.5, 0.6) is 0 Å². The molecular weight excluding hydrogens is 184 g/mol. The second-order valence-electron chi connectivity index (χ2n) is 2.71. The van der Waals surface area contributed by atoms with Gasteiger partial charge in [0.15, 0.2) is 6.10 Å². The zero-order valence-corrected chi connectivity index (χ0v) is 8.30. The fourth-order valence-electron chi connectivity index (χ4n) is 0.860. The van der Waals surface area contributed by atoms with Gasteiger partial charge in [-0.15, -0.1) is 11.3 Å². The van der Waals surface area contributed by atoms with Gasteiger partial charge in [-0.25, -0.2) is 4.98 Å². The Bertz CT molecular complexity index is 362. The standard InChI is InChI=1S/C9H10N2OS/c1-6(9(12)4-10)3-8-5-13-7(2)11-8/h3,5,9,12H,1-2H3/b6-3+/t9-/m1/s1. The van der Waals surface area contributed by atoms with E-state index in [0.717, 1.165) is 10.7 Å². The molecule has 0 saturated carbocycles. The van der Waals surface area contributed by atoms with Crippen molar-refractivity contribution >= 4 is 17.4 Å². The van der Waals surface area contributed by atoms with Crippen molar-refractivity contribution in [2.45, 2.75) is 20.0 Å². The lowest BCUT2D eigenvalue weighted by molar-refractivity contribution is 0.267. The molecule has 0 saturated heterocycles. The van der Waals surface area contributed by atoms with Crippen LogP contribution in [-0.4, -0.2) is 16.2 Å². The van der Waals surface area contributed by atoms with Gasteiger partial charge < -0.3 is 5.11 Å². The molecule has 3 nitrogen and oxygen atoms in total. The average Bonchev–Trinajstić information content (AvgIpc) is 2.49. The van der Waals surface area contributed by atoms with Gasteiger partial charge in [-0.05, 0) is 25.5 Å². The molecule has 1 rings (SSSR count). The maximum Gasteiger partial charge on any atom is 0.162 e. The minimum Gasteiger partial charge on any atom is -0.374 e. The van der Waals surface area contributed by atoms with Crippen molar-refractivity contribution in [1.29, 1.82) is 5.26 Å². The molecular formula is C9H10N2OS. The smallest absolute Gasteiger partial charge is 0.162 e. The van der Waals surface area contributed by atoms with Crippen LogP contribution in [0.25, 0.3) is 6.08 Å². The van der Waals surface area contributed by atoms with E-state index in [1.807, 2.05) is 12.3 Å². The fourth-order valence-corrected chi connectivity index (χ4v) is 1.43. The number of hydrogen-bond acceptors (Lipinski definition) is 4. The van der Waals surface area contributed by atoms with Gasteiger partial charge in [-0.1, -0.05) is 0 Å². The lowest BCUT2D eigenvalue weighted by Gasteiger charge is -1.98. The predicted octanol–water partition coefficient (Wildman–Crippen LogP) is 1.74. The number of aliphatic hydroxyl groups excluding tert-OH is 1. The molecule has 0 amide bonds. The van der Waals surface area contributed by atoms with Crippen LogP contribution in [0.15, 0.2) is 11.0 Å². The Labute approximate surface area is 81.0 Å². The number of aromatic nitrogens is 1. The van der Waals surface area contributed by atoms with Crippen molar-refractivity contribution in [3.05, 3.63) is 21.7 Å². The maximum atomic E-state index is 9.14. The summed E-state index contributed by atoms with van der Waals surface area (Å²) in [4.78, 5) is 4.19. The van der Waals surface area contributed by atoms with Gasteiger partial charge in [-0.2, -0.15) is 5.26 Å². The van der Waals surface area contributed by atoms with Gasteiger partial charge in [-0.3, -0.25) is 0 Å². The Hall–Kier alpha value is -1.18. The van der Waals surface area contributed by atoms with E-state index >= 15 is 0 Å². The van der Waals surface area contributed by atoms with Crippen molar-refractivity contribution in [2.24, 2.45) is 0 Å². The van der Waals surface area contributed by atoms with Gasteiger partial charge in [0, 0.05) is 5.38 Å². The molecule has 1 heterocycles. The second-order valence-corrected chi connectivity index (χ2v) is 3.77. The highest BCUT2D eigenvalue weighted by Crippen LogP contribution is 2.12. The lowest BCUT2D eigenvalue weighted by Crippen LogP contribution is -2.03. The number of rotatable bonds is 2. The molecule has 0 spiro atoms. The molecule has 0 aromatic carbocycles. The summed E-state index contributed by atoms with van der Waals surface area (Å²) in [6, 6.07) is 1.75. The highest BCUT2D eigenvalue weighted by molar-refractivity contribution is 7.09. The van der Waals surface area contributed by atoms with E-state index in [-0.39, 0.29) is 0 Å². The molecule has 1 aromatic heterocycles. The first kappa shape index (κ1) is 9.90. The second kappa shape index (κ2) is 4.17. The normalized spacial score (nSPS) is 13.8. The Kier molecular flexibility index (Phi) is 3.18. The molecule has 0 aliphatic rings. The third kappa shape index (κ3) is 2.65. The molecule has 0 bridgehead atoms. The maximum absolute atomic E-state index is 9.14. The van der Waals surface area contributed by atoms with Gasteiger partial charge >= 0.3 is 0 Å². The molecule has 4 heteroatoms. The van der Waals surface area contributed by atoms with Crippen molar-refractivity contribution in [3.63, 3.8) is 0 Å². The highest BCUT2D eigenvalue weighted by atomic mass is 32.1. The number of nitriles is 1. The third-order valence-corrected chi connectivity index (χ3v) is 2.36. The summed E-state index contributed by atoms with van der Waals surface area (Å²) in [5, 5.41) is 20.4. The minimum atomic E-state index is -1.03. The summed E-state index contributed by atoms with van der Waals surface area (Å²) < 4.78 is 0. The van der Waals surface area contributed by atoms with Crippen molar-refractivity contribution in [2.75, 3.05) is 0 Å². The van der Waals surface area contributed by atoms with E-state index in [9.17, 15) is 0 Å². The summed E-state index contributed by atoms with van der Waals surface area (Å²) in [5.74, 6) is 0. The molecule has 68 valence electrons. The van der Waals surface area contributed by atoms with Crippen LogP contribution in [0.3, 0.4) is 0 Å². The van der Waals surface area contributed by atoms with Gasteiger partial charge in [0.1, 0.15) is 0 Å². The van der Waals surface area contributed by atoms with E-state index in [2.05, 4.69) is 4.98 Å². The fraction of sp³-hybridized carbons (Fsp3) is 0.333. The summed E-state index contributed by atoms with van der Waals surface area (Å²) >= 11 is 1.55. The van der Waals surface area contributed by atoms with Crippen LogP contribution in [0.2, 0.25) is 0 Å². The molecule has 1 atom stereocenters. The van der Waals surface area contributed by atoms with E-state index in [4.69, 9.17) is 10.4 Å². The van der Waals surface area contributed by atoms with Crippen LogP contribution >= 0.6 is 11.3 Å². The Morgan fingerprint density at radius 3 is 3.00 bits per heavy atom. The highest BCUT2D eigenvalue weighted by Gasteiger charge is 2.04. The average molecular weight is 194 g/mol. The number of hydrogen-bond donors (Lipinski definition) is 1. The quantitative estimate of drug-likeness (QED) is 0.729. The predicted molar refractivity (Wildman–Crippen MR) is 52.1 cm³/mol. The number of nitrogens with zero attached hydrogens (tertiary/aromatic N) is 2. The van der Waals surface area contributed by atoms with Crippen LogP contribution in [0.1, 0.15) is 17.6 Å². The first-order valence-electron chi connectivity index (χ1n) is 3.81. The van der Waals surface area contributed by atoms with Crippen LogP contribution in [0, 0.1) is 18.3 Å². The molecule has 13 heavy (non-hydrogen) atoms. The van der Waals surface area contributed by atoms with E-state index < -0.39 is 6.10 Å². The Morgan fingerprint density at radius 1 is 1.85 bits per heavy atom. The lowest BCUT2D eigenvalue weighted by atomic mass is 10.1. The molecule has 0 radical (unpaired) electrons.